The molecule has 3 heteroatoms. The van der Waals surface area contributed by atoms with Crippen molar-refractivity contribution in [1.29, 1.82) is 0 Å². The van der Waals surface area contributed by atoms with Gasteiger partial charge in [0.25, 0.3) is 0 Å². The summed E-state index contributed by atoms with van der Waals surface area (Å²) in [6.07, 6.45) is 4.10. The first-order valence-electron chi connectivity index (χ1n) is 4.32. The first kappa shape index (κ1) is 8.53. The number of amides is 1. The van der Waals surface area contributed by atoms with Crippen molar-refractivity contribution in [2.75, 3.05) is 13.1 Å². The molecule has 0 aromatic rings. The minimum Gasteiger partial charge on any atom is -0.356 e. The maximum atomic E-state index is 11.1. The molecular weight excluding hydrogens is 140 g/mol. The van der Waals surface area contributed by atoms with Crippen LogP contribution in [0.2, 0.25) is 0 Å². The number of carbonyl (C=O) groups is 1. The number of rotatable bonds is 3. The van der Waals surface area contributed by atoms with E-state index in [-0.39, 0.29) is 11.8 Å². The van der Waals surface area contributed by atoms with Gasteiger partial charge in [-0.05, 0) is 32.2 Å². The van der Waals surface area contributed by atoms with Crippen LogP contribution in [0, 0.1) is 5.92 Å². The Bertz CT molecular complexity index is 136. The first-order valence-corrected chi connectivity index (χ1v) is 4.32. The summed E-state index contributed by atoms with van der Waals surface area (Å²) < 4.78 is 0. The zero-order chi connectivity index (χ0) is 8.10. The summed E-state index contributed by atoms with van der Waals surface area (Å²) in [5.74, 6) is 0.469. The number of nitrogens with one attached hydrogen (secondary N) is 1. The SMILES string of the molecule is NCCC[C@@H]1CCCNC1=O. The molecule has 64 valence electrons. The number of nitrogens with two attached hydrogens (primary N) is 1. The first-order chi connectivity index (χ1) is 5.34. The van der Waals surface area contributed by atoms with Crippen LogP contribution in [0.3, 0.4) is 0 Å². The molecule has 0 unspecified atom stereocenters. The van der Waals surface area contributed by atoms with Crippen molar-refractivity contribution in [1.82, 2.24) is 5.32 Å². The van der Waals surface area contributed by atoms with Crippen molar-refractivity contribution >= 4 is 5.91 Å². The normalized spacial score (nSPS) is 24.8. The summed E-state index contributed by atoms with van der Waals surface area (Å²) in [6, 6.07) is 0. The Labute approximate surface area is 67.3 Å². The smallest absolute Gasteiger partial charge is 0.223 e. The van der Waals surface area contributed by atoms with E-state index in [1.54, 1.807) is 0 Å². The summed E-state index contributed by atoms with van der Waals surface area (Å²) in [4.78, 5) is 11.1. The van der Waals surface area contributed by atoms with E-state index < -0.39 is 0 Å². The molecule has 3 N–H and O–H groups in total. The van der Waals surface area contributed by atoms with E-state index in [0.717, 1.165) is 32.2 Å². The lowest BCUT2D eigenvalue weighted by Crippen LogP contribution is -2.36. The van der Waals surface area contributed by atoms with E-state index in [2.05, 4.69) is 5.32 Å². The van der Waals surface area contributed by atoms with Gasteiger partial charge < -0.3 is 11.1 Å². The molecule has 1 fully saturated rings. The average molecular weight is 156 g/mol. The molecule has 1 atom stereocenters. The van der Waals surface area contributed by atoms with Crippen molar-refractivity contribution < 1.29 is 4.79 Å². The number of hydrogen-bond acceptors (Lipinski definition) is 2. The standard InChI is InChI=1S/C8H16N2O/c9-5-1-3-7-4-2-6-10-8(7)11/h7H,1-6,9H2,(H,10,11)/t7-/m1/s1. The van der Waals surface area contributed by atoms with Gasteiger partial charge in [0.1, 0.15) is 0 Å². The van der Waals surface area contributed by atoms with Crippen LogP contribution in [0.25, 0.3) is 0 Å². The zero-order valence-electron chi connectivity index (χ0n) is 6.81. The van der Waals surface area contributed by atoms with Gasteiger partial charge in [0, 0.05) is 12.5 Å². The Balaban J connectivity index is 2.24. The molecule has 0 bridgehead atoms. The van der Waals surface area contributed by atoms with Gasteiger partial charge in [-0.15, -0.1) is 0 Å². The molecule has 1 aliphatic heterocycles. The molecule has 1 saturated heterocycles. The minimum absolute atomic E-state index is 0.227. The lowest BCUT2D eigenvalue weighted by Gasteiger charge is -2.21. The molecule has 3 nitrogen and oxygen atoms in total. The number of carbonyl (C=O) groups excluding carboxylic acids is 1. The second-order valence-electron chi connectivity index (χ2n) is 3.06. The molecule has 1 heterocycles. The second kappa shape index (κ2) is 4.34. The third-order valence-corrected chi connectivity index (χ3v) is 2.16. The maximum Gasteiger partial charge on any atom is 0.223 e. The predicted octanol–water partition coefficient (Wildman–Crippen LogP) is 0.252. The van der Waals surface area contributed by atoms with Gasteiger partial charge in [0.05, 0.1) is 0 Å². The van der Waals surface area contributed by atoms with Crippen LogP contribution in [0.1, 0.15) is 25.7 Å². The van der Waals surface area contributed by atoms with Gasteiger partial charge in [-0.3, -0.25) is 4.79 Å². The van der Waals surface area contributed by atoms with E-state index in [9.17, 15) is 4.79 Å². The zero-order valence-corrected chi connectivity index (χ0v) is 6.81. The largest absolute Gasteiger partial charge is 0.356 e. The van der Waals surface area contributed by atoms with E-state index in [1.807, 2.05) is 0 Å². The van der Waals surface area contributed by atoms with Crippen molar-refractivity contribution in [2.24, 2.45) is 11.7 Å². The molecule has 1 rings (SSSR count). The third kappa shape index (κ3) is 2.50. The van der Waals surface area contributed by atoms with Crippen LogP contribution in [-0.4, -0.2) is 19.0 Å². The van der Waals surface area contributed by atoms with Crippen LogP contribution >= 0.6 is 0 Å². The van der Waals surface area contributed by atoms with Crippen molar-refractivity contribution in [3.05, 3.63) is 0 Å². The second-order valence-corrected chi connectivity index (χ2v) is 3.06. The molecule has 0 saturated carbocycles. The van der Waals surface area contributed by atoms with Gasteiger partial charge in [0.2, 0.25) is 5.91 Å². The highest BCUT2D eigenvalue weighted by Gasteiger charge is 2.20. The molecule has 0 aliphatic carbocycles. The molecule has 0 radical (unpaired) electrons. The Morgan fingerprint density at radius 2 is 2.45 bits per heavy atom. The summed E-state index contributed by atoms with van der Waals surface area (Å²) in [5, 5.41) is 2.86. The molecule has 1 amide bonds. The number of piperidine rings is 1. The number of hydrogen-bond donors (Lipinski definition) is 2. The topological polar surface area (TPSA) is 55.1 Å². The molecule has 0 aromatic heterocycles. The highest BCUT2D eigenvalue weighted by molar-refractivity contribution is 5.79. The van der Waals surface area contributed by atoms with E-state index in [1.165, 1.54) is 0 Å². The Hall–Kier alpha value is -0.570. The highest BCUT2D eigenvalue weighted by Crippen LogP contribution is 2.16. The van der Waals surface area contributed by atoms with Crippen molar-refractivity contribution in [2.45, 2.75) is 25.7 Å². The van der Waals surface area contributed by atoms with Crippen LogP contribution in [0.4, 0.5) is 0 Å². The Kier molecular flexibility index (Phi) is 3.36. The van der Waals surface area contributed by atoms with Gasteiger partial charge in [-0.1, -0.05) is 0 Å². The maximum absolute atomic E-state index is 11.1. The van der Waals surface area contributed by atoms with E-state index in [4.69, 9.17) is 5.73 Å². The molecule has 0 spiro atoms. The fourth-order valence-electron chi connectivity index (χ4n) is 1.48. The average Bonchev–Trinajstić information content (AvgIpc) is 2.03. The van der Waals surface area contributed by atoms with Crippen LogP contribution < -0.4 is 11.1 Å². The van der Waals surface area contributed by atoms with Gasteiger partial charge in [-0.25, -0.2) is 0 Å². The lowest BCUT2D eigenvalue weighted by atomic mass is 9.94. The quantitative estimate of drug-likeness (QED) is 0.615. The summed E-state index contributed by atoms with van der Waals surface area (Å²) in [7, 11) is 0. The molecule has 0 aromatic carbocycles. The minimum atomic E-state index is 0.227. The Morgan fingerprint density at radius 1 is 1.64 bits per heavy atom. The van der Waals surface area contributed by atoms with Crippen LogP contribution in [0.15, 0.2) is 0 Å². The van der Waals surface area contributed by atoms with Crippen molar-refractivity contribution in [3.63, 3.8) is 0 Å². The molecule has 11 heavy (non-hydrogen) atoms. The monoisotopic (exact) mass is 156 g/mol. The van der Waals surface area contributed by atoms with Gasteiger partial charge in [-0.2, -0.15) is 0 Å². The fraction of sp³-hybridized carbons (Fsp3) is 0.875. The lowest BCUT2D eigenvalue weighted by molar-refractivity contribution is -0.126. The van der Waals surface area contributed by atoms with Gasteiger partial charge >= 0.3 is 0 Å². The van der Waals surface area contributed by atoms with Crippen LogP contribution in [0.5, 0.6) is 0 Å². The highest BCUT2D eigenvalue weighted by atomic mass is 16.1. The fourth-order valence-corrected chi connectivity index (χ4v) is 1.48. The van der Waals surface area contributed by atoms with E-state index >= 15 is 0 Å². The molecular formula is C8H16N2O. The summed E-state index contributed by atoms with van der Waals surface area (Å²) in [6.45, 7) is 1.56. The summed E-state index contributed by atoms with van der Waals surface area (Å²) >= 11 is 0. The summed E-state index contributed by atoms with van der Waals surface area (Å²) in [5.41, 5.74) is 5.36. The van der Waals surface area contributed by atoms with Gasteiger partial charge in [0.15, 0.2) is 0 Å². The van der Waals surface area contributed by atoms with Crippen molar-refractivity contribution in [3.8, 4) is 0 Å². The predicted molar refractivity (Wildman–Crippen MR) is 44.0 cm³/mol. The third-order valence-electron chi connectivity index (χ3n) is 2.16. The Morgan fingerprint density at radius 3 is 3.09 bits per heavy atom. The van der Waals surface area contributed by atoms with E-state index in [0.29, 0.717) is 6.54 Å². The van der Waals surface area contributed by atoms with Crippen LogP contribution in [-0.2, 0) is 4.79 Å². The molecule has 1 aliphatic rings.